The quantitative estimate of drug-likeness (QED) is 0.641. The molecule has 0 heterocycles. The fourth-order valence-corrected chi connectivity index (χ4v) is 0.999. The molecule has 0 spiro atoms. The largest absolute Gasteiger partial charge is 0.450 e. The van der Waals surface area contributed by atoms with Gasteiger partial charge < -0.3 is 18.9 Å². The molecule has 1 atom stereocenters. The standard InChI is InChI=1S/C10H20NO5/c1-5-14-8(9(13-4)15-6-2)11-10(12)16-7-3/h8H,5-7H2,1-4H3,(H,11,12). The molecule has 0 rings (SSSR count). The summed E-state index contributed by atoms with van der Waals surface area (Å²) in [6.07, 6.45) is -1.12. The molecule has 95 valence electrons. The van der Waals surface area contributed by atoms with E-state index in [-0.39, 0.29) is 6.29 Å². The first kappa shape index (κ1) is 15.2. The van der Waals surface area contributed by atoms with Gasteiger partial charge in [-0.2, -0.15) is 0 Å². The molecule has 0 aromatic rings. The van der Waals surface area contributed by atoms with Crippen molar-refractivity contribution in [2.24, 2.45) is 0 Å². The highest BCUT2D eigenvalue weighted by atomic mass is 16.7. The van der Waals surface area contributed by atoms with Gasteiger partial charge in [0.1, 0.15) is 0 Å². The Hall–Kier alpha value is -0.850. The molecule has 0 aliphatic heterocycles. The topological polar surface area (TPSA) is 66.0 Å². The van der Waals surface area contributed by atoms with Crippen molar-refractivity contribution in [1.82, 2.24) is 5.32 Å². The molecular weight excluding hydrogens is 214 g/mol. The van der Waals surface area contributed by atoms with Crippen LogP contribution in [-0.2, 0) is 18.9 Å². The summed E-state index contributed by atoms with van der Waals surface area (Å²) < 4.78 is 20.2. The van der Waals surface area contributed by atoms with Crippen LogP contribution < -0.4 is 5.32 Å². The lowest BCUT2D eigenvalue weighted by molar-refractivity contribution is -0.114. The van der Waals surface area contributed by atoms with Crippen molar-refractivity contribution in [1.29, 1.82) is 0 Å². The van der Waals surface area contributed by atoms with Crippen LogP contribution in [0.3, 0.4) is 0 Å². The third-order valence-corrected chi connectivity index (χ3v) is 1.56. The van der Waals surface area contributed by atoms with Gasteiger partial charge in [0.15, 0.2) is 6.23 Å². The van der Waals surface area contributed by atoms with Gasteiger partial charge in [0.2, 0.25) is 0 Å². The maximum Gasteiger partial charge on any atom is 0.409 e. The molecule has 0 aliphatic rings. The van der Waals surface area contributed by atoms with Crippen molar-refractivity contribution in [3.8, 4) is 0 Å². The number of alkyl carbamates (subject to hydrolysis) is 1. The zero-order valence-electron chi connectivity index (χ0n) is 10.2. The Morgan fingerprint density at radius 3 is 2.19 bits per heavy atom. The van der Waals surface area contributed by atoms with E-state index in [0.717, 1.165) is 0 Å². The summed E-state index contributed by atoms with van der Waals surface area (Å²) in [6, 6.07) is 0. The molecule has 1 radical (unpaired) electrons. The Labute approximate surface area is 96.2 Å². The minimum atomic E-state index is -0.756. The second-order valence-electron chi connectivity index (χ2n) is 2.66. The first-order chi connectivity index (χ1) is 7.69. The number of carbonyl (C=O) groups excluding carboxylic acids is 1. The van der Waals surface area contributed by atoms with Gasteiger partial charge in [0, 0.05) is 20.3 Å². The summed E-state index contributed by atoms with van der Waals surface area (Å²) in [5.41, 5.74) is 0. The van der Waals surface area contributed by atoms with E-state index in [0.29, 0.717) is 19.8 Å². The van der Waals surface area contributed by atoms with Crippen LogP contribution in [0.1, 0.15) is 20.8 Å². The van der Waals surface area contributed by atoms with Gasteiger partial charge in [-0.25, -0.2) is 4.79 Å². The third kappa shape index (κ3) is 5.89. The van der Waals surface area contributed by atoms with E-state index >= 15 is 0 Å². The predicted molar refractivity (Wildman–Crippen MR) is 57.4 cm³/mol. The second kappa shape index (κ2) is 9.38. The number of methoxy groups -OCH3 is 1. The molecule has 0 aromatic heterocycles. The van der Waals surface area contributed by atoms with Crippen LogP contribution in [0.25, 0.3) is 0 Å². The minimum Gasteiger partial charge on any atom is -0.450 e. The van der Waals surface area contributed by atoms with Crippen molar-refractivity contribution >= 4 is 6.09 Å². The van der Waals surface area contributed by atoms with Crippen molar-refractivity contribution < 1.29 is 23.7 Å². The molecule has 1 N–H and O–H groups in total. The Morgan fingerprint density at radius 2 is 1.75 bits per heavy atom. The number of nitrogens with one attached hydrogen (secondary N) is 1. The molecule has 0 bridgehead atoms. The van der Waals surface area contributed by atoms with Gasteiger partial charge in [-0.05, 0) is 20.8 Å². The van der Waals surface area contributed by atoms with Crippen molar-refractivity contribution in [2.45, 2.75) is 27.0 Å². The maximum atomic E-state index is 11.2. The first-order valence-electron chi connectivity index (χ1n) is 5.28. The highest BCUT2D eigenvalue weighted by Crippen LogP contribution is 2.11. The molecule has 0 saturated heterocycles. The zero-order chi connectivity index (χ0) is 12.4. The molecule has 0 fully saturated rings. The van der Waals surface area contributed by atoms with E-state index < -0.39 is 12.3 Å². The van der Waals surface area contributed by atoms with Gasteiger partial charge >= 0.3 is 6.09 Å². The molecule has 6 nitrogen and oxygen atoms in total. The number of carbonyl (C=O) groups is 1. The van der Waals surface area contributed by atoms with Crippen LogP contribution >= 0.6 is 0 Å². The van der Waals surface area contributed by atoms with E-state index in [1.165, 1.54) is 7.11 Å². The SMILES string of the molecule is CCO[C](OC)C(NC(=O)OCC)OCC. The van der Waals surface area contributed by atoms with Crippen molar-refractivity contribution in [3.63, 3.8) is 0 Å². The van der Waals surface area contributed by atoms with Crippen molar-refractivity contribution in [2.75, 3.05) is 26.9 Å². The highest BCUT2D eigenvalue weighted by molar-refractivity contribution is 5.67. The summed E-state index contributed by atoms with van der Waals surface area (Å²) in [7, 11) is 1.45. The van der Waals surface area contributed by atoms with Crippen LogP contribution in [0.5, 0.6) is 0 Å². The Bertz CT molecular complexity index is 188. The average Bonchev–Trinajstić information content (AvgIpc) is 2.25. The maximum absolute atomic E-state index is 11.2. The number of ether oxygens (including phenoxy) is 4. The molecule has 0 saturated carbocycles. The van der Waals surface area contributed by atoms with Gasteiger partial charge in [0.05, 0.1) is 6.61 Å². The molecule has 1 unspecified atom stereocenters. The van der Waals surface area contributed by atoms with E-state index in [4.69, 9.17) is 18.9 Å². The predicted octanol–water partition coefficient (Wildman–Crippen LogP) is 1.27. The van der Waals surface area contributed by atoms with Crippen LogP contribution in [-0.4, -0.2) is 39.3 Å². The van der Waals surface area contributed by atoms with E-state index in [9.17, 15) is 4.79 Å². The summed E-state index contributed by atoms with van der Waals surface area (Å²) in [6.45, 7) is 6.47. The van der Waals surface area contributed by atoms with Gasteiger partial charge in [0.25, 0.3) is 6.29 Å². The average molecular weight is 234 g/mol. The highest BCUT2D eigenvalue weighted by Gasteiger charge is 2.26. The lowest BCUT2D eigenvalue weighted by Gasteiger charge is -2.24. The number of amides is 1. The van der Waals surface area contributed by atoms with E-state index in [1.54, 1.807) is 13.8 Å². The Kier molecular flexibility index (Phi) is 8.88. The smallest absolute Gasteiger partial charge is 0.409 e. The van der Waals surface area contributed by atoms with Gasteiger partial charge in [-0.1, -0.05) is 0 Å². The normalized spacial score (nSPS) is 12.6. The Balaban J connectivity index is 4.26. The molecular formula is C10H20NO5. The number of hydrogen-bond acceptors (Lipinski definition) is 5. The van der Waals surface area contributed by atoms with Gasteiger partial charge in [-0.15, -0.1) is 0 Å². The molecule has 6 heteroatoms. The molecule has 0 aromatic carbocycles. The van der Waals surface area contributed by atoms with E-state index in [2.05, 4.69) is 5.32 Å². The van der Waals surface area contributed by atoms with Crippen LogP contribution in [0.15, 0.2) is 0 Å². The lowest BCUT2D eigenvalue weighted by atomic mass is 10.5. The Morgan fingerprint density at radius 1 is 1.12 bits per heavy atom. The molecule has 1 amide bonds. The minimum absolute atomic E-state index is 0.206. The van der Waals surface area contributed by atoms with Crippen molar-refractivity contribution in [3.05, 3.63) is 6.29 Å². The monoisotopic (exact) mass is 234 g/mol. The number of hydrogen-bond donors (Lipinski definition) is 1. The lowest BCUT2D eigenvalue weighted by Crippen LogP contribution is -2.43. The summed E-state index contributed by atoms with van der Waals surface area (Å²) in [4.78, 5) is 11.2. The van der Waals surface area contributed by atoms with Crippen LogP contribution in [0.2, 0.25) is 0 Å². The fourth-order valence-electron chi connectivity index (χ4n) is 0.999. The molecule has 16 heavy (non-hydrogen) atoms. The first-order valence-corrected chi connectivity index (χ1v) is 5.28. The van der Waals surface area contributed by atoms with Crippen LogP contribution in [0.4, 0.5) is 4.79 Å². The van der Waals surface area contributed by atoms with E-state index in [1.807, 2.05) is 6.92 Å². The zero-order valence-corrected chi connectivity index (χ0v) is 10.2. The van der Waals surface area contributed by atoms with Gasteiger partial charge in [-0.3, -0.25) is 5.32 Å². The summed E-state index contributed by atoms with van der Waals surface area (Å²) in [5.74, 6) is 0. The second-order valence-corrected chi connectivity index (χ2v) is 2.66. The third-order valence-electron chi connectivity index (χ3n) is 1.56. The number of rotatable bonds is 8. The summed E-state index contributed by atoms with van der Waals surface area (Å²) >= 11 is 0. The summed E-state index contributed by atoms with van der Waals surface area (Å²) in [5, 5.41) is 2.48. The fraction of sp³-hybridized carbons (Fsp3) is 0.800. The molecule has 0 aliphatic carbocycles. The van der Waals surface area contributed by atoms with Crippen LogP contribution in [0, 0.1) is 6.29 Å².